The molecule has 0 aromatic carbocycles. The van der Waals surface area contributed by atoms with E-state index < -0.39 is 0 Å². The first-order chi connectivity index (χ1) is 14.6. The number of amides is 1. The van der Waals surface area contributed by atoms with E-state index in [1.54, 1.807) is 5.57 Å². The van der Waals surface area contributed by atoms with Crippen molar-refractivity contribution in [2.75, 3.05) is 14.1 Å². The molecular weight excluding hydrogens is 380 g/mol. The zero-order valence-corrected chi connectivity index (χ0v) is 21.1. The molecule has 174 valence electrons. The highest BCUT2D eigenvalue weighted by Crippen LogP contribution is 2.67. The van der Waals surface area contributed by atoms with Gasteiger partial charge in [-0.25, -0.2) is 0 Å². The molecule has 0 heterocycles. The van der Waals surface area contributed by atoms with Gasteiger partial charge in [0.15, 0.2) is 0 Å². The minimum absolute atomic E-state index is 0.0991. The van der Waals surface area contributed by atoms with Gasteiger partial charge in [-0.2, -0.15) is 0 Å². The molecule has 3 saturated carbocycles. The molecular formula is C28H46N2O. The van der Waals surface area contributed by atoms with Crippen LogP contribution in [0.1, 0.15) is 86.0 Å². The van der Waals surface area contributed by atoms with E-state index in [0.29, 0.717) is 16.9 Å². The van der Waals surface area contributed by atoms with E-state index >= 15 is 0 Å². The van der Waals surface area contributed by atoms with Crippen LogP contribution in [0.5, 0.6) is 0 Å². The highest BCUT2D eigenvalue weighted by atomic mass is 16.1. The summed E-state index contributed by atoms with van der Waals surface area (Å²) in [5.74, 6) is 3.59. The van der Waals surface area contributed by atoms with Gasteiger partial charge in [-0.05, 0) is 121 Å². The standard InChI is InChI=1S/C28H46N2O/c1-8-18(2)26(31)29-21-13-15-27(4)20(17-21)9-10-22-24-12-11-23(19(3)30(6)7)28(24,5)16-14-25(22)27/h8,17,19,21-25H,9-16H2,1-7H3,(H,29,31). The first kappa shape index (κ1) is 23.1. The molecule has 0 aliphatic heterocycles. The molecule has 0 saturated heterocycles. The largest absolute Gasteiger partial charge is 0.346 e. The first-order valence-electron chi connectivity index (χ1n) is 12.9. The number of allylic oxidation sites excluding steroid dienone is 2. The third-order valence-corrected chi connectivity index (χ3v) is 10.7. The molecule has 31 heavy (non-hydrogen) atoms. The first-order valence-corrected chi connectivity index (χ1v) is 12.9. The Morgan fingerprint density at radius 3 is 2.55 bits per heavy atom. The molecule has 4 aliphatic rings. The molecule has 3 heteroatoms. The van der Waals surface area contributed by atoms with Crippen LogP contribution >= 0.6 is 0 Å². The topological polar surface area (TPSA) is 32.3 Å². The van der Waals surface area contributed by atoms with E-state index in [-0.39, 0.29) is 11.9 Å². The van der Waals surface area contributed by atoms with Crippen LogP contribution in [0, 0.1) is 34.5 Å². The number of nitrogens with zero attached hydrogens (tertiary/aromatic N) is 1. The summed E-state index contributed by atoms with van der Waals surface area (Å²) in [6, 6.07) is 0.897. The van der Waals surface area contributed by atoms with E-state index in [2.05, 4.69) is 51.2 Å². The zero-order valence-electron chi connectivity index (χ0n) is 21.1. The van der Waals surface area contributed by atoms with E-state index in [0.717, 1.165) is 35.7 Å². The van der Waals surface area contributed by atoms with Crippen molar-refractivity contribution in [1.29, 1.82) is 0 Å². The number of carbonyl (C=O) groups excluding carboxylic acids is 1. The average molecular weight is 427 g/mol. The third kappa shape index (κ3) is 3.73. The lowest BCUT2D eigenvalue weighted by Gasteiger charge is -2.59. The second-order valence-corrected chi connectivity index (χ2v) is 12.0. The molecule has 4 rings (SSSR count). The van der Waals surface area contributed by atoms with Gasteiger partial charge >= 0.3 is 0 Å². The van der Waals surface area contributed by atoms with Crippen LogP contribution in [-0.4, -0.2) is 37.0 Å². The van der Waals surface area contributed by atoms with Crippen LogP contribution in [0.2, 0.25) is 0 Å². The zero-order chi connectivity index (χ0) is 22.6. The quantitative estimate of drug-likeness (QED) is 0.444. The lowest BCUT2D eigenvalue weighted by atomic mass is 9.46. The van der Waals surface area contributed by atoms with Gasteiger partial charge in [-0.1, -0.05) is 31.6 Å². The Morgan fingerprint density at radius 1 is 1.13 bits per heavy atom. The van der Waals surface area contributed by atoms with Crippen molar-refractivity contribution < 1.29 is 4.79 Å². The van der Waals surface area contributed by atoms with Crippen LogP contribution in [-0.2, 0) is 4.79 Å². The maximum atomic E-state index is 12.4. The molecule has 0 spiro atoms. The Morgan fingerprint density at radius 2 is 1.87 bits per heavy atom. The average Bonchev–Trinajstić information content (AvgIpc) is 3.09. The van der Waals surface area contributed by atoms with Crippen LogP contribution in [0.4, 0.5) is 0 Å². The summed E-state index contributed by atoms with van der Waals surface area (Å²) in [6.45, 7) is 11.5. The second kappa shape index (κ2) is 8.36. The minimum Gasteiger partial charge on any atom is -0.346 e. The molecule has 3 nitrogen and oxygen atoms in total. The van der Waals surface area contributed by atoms with Crippen molar-refractivity contribution in [2.24, 2.45) is 34.5 Å². The molecule has 1 amide bonds. The lowest BCUT2D eigenvalue weighted by Crippen LogP contribution is -2.53. The predicted molar refractivity (Wildman–Crippen MR) is 130 cm³/mol. The molecule has 4 aliphatic carbocycles. The molecule has 0 radical (unpaired) electrons. The normalized spacial score (nSPS) is 43.5. The summed E-state index contributed by atoms with van der Waals surface area (Å²) in [5, 5.41) is 3.28. The van der Waals surface area contributed by atoms with E-state index in [4.69, 9.17) is 0 Å². The number of nitrogens with one attached hydrogen (secondary N) is 1. The molecule has 0 aromatic rings. The van der Waals surface area contributed by atoms with Gasteiger partial charge in [0, 0.05) is 17.7 Å². The lowest BCUT2D eigenvalue weighted by molar-refractivity contribution is -0.118. The van der Waals surface area contributed by atoms with E-state index in [1.807, 2.05) is 19.9 Å². The molecule has 8 unspecified atom stereocenters. The van der Waals surface area contributed by atoms with Gasteiger partial charge in [-0.15, -0.1) is 0 Å². The fraction of sp³-hybridized carbons (Fsp3) is 0.821. The SMILES string of the molecule is CC=C(C)C(=O)NC1C=C2CCC3C(CCC4(C)C3CCC4C(C)N(C)C)C2(C)CC1. The van der Waals surface area contributed by atoms with Gasteiger partial charge in [0.2, 0.25) is 5.91 Å². The summed E-state index contributed by atoms with van der Waals surface area (Å²) < 4.78 is 0. The number of hydrogen-bond acceptors (Lipinski definition) is 2. The molecule has 0 bridgehead atoms. The van der Waals surface area contributed by atoms with E-state index in [9.17, 15) is 4.79 Å². The predicted octanol–water partition coefficient (Wildman–Crippen LogP) is 5.97. The highest BCUT2D eigenvalue weighted by Gasteiger charge is 2.59. The molecule has 3 fully saturated rings. The van der Waals surface area contributed by atoms with Gasteiger partial charge in [-0.3, -0.25) is 4.79 Å². The molecule has 0 aromatic heterocycles. The van der Waals surface area contributed by atoms with Crippen LogP contribution in [0.25, 0.3) is 0 Å². The van der Waals surface area contributed by atoms with Gasteiger partial charge < -0.3 is 10.2 Å². The minimum atomic E-state index is 0.0991. The van der Waals surface area contributed by atoms with Crippen molar-refractivity contribution in [3.8, 4) is 0 Å². The third-order valence-electron chi connectivity index (χ3n) is 10.7. The Kier molecular flexibility index (Phi) is 6.22. The Balaban J connectivity index is 1.52. The Bertz CT molecular complexity index is 767. The van der Waals surface area contributed by atoms with Crippen molar-refractivity contribution in [2.45, 2.75) is 98.1 Å². The second-order valence-electron chi connectivity index (χ2n) is 12.0. The van der Waals surface area contributed by atoms with Crippen molar-refractivity contribution in [1.82, 2.24) is 10.2 Å². The van der Waals surface area contributed by atoms with Crippen molar-refractivity contribution >= 4 is 5.91 Å². The van der Waals surface area contributed by atoms with Crippen LogP contribution in [0.3, 0.4) is 0 Å². The summed E-state index contributed by atoms with van der Waals surface area (Å²) >= 11 is 0. The Hall–Kier alpha value is -1.09. The fourth-order valence-electron chi connectivity index (χ4n) is 8.45. The number of carbonyl (C=O) groups is 1. The summed E-state index contributed by atoms with van der Waals surface area (Å²) in [5.41, 5.74) is 3.36. The highest BCUT2D eigenvalue weighted by molar-refractivity contribution is 5.93. The van der Waals surface area contributed by atoms with Gasteiger partial charge in [0.1, 0.15) is 0 Å². The Labute approximate surface area is 191 Å². The maximum absolute atomic E-state index is 12.4. The summed E-state index contributed by atoms with van der Waals surface area (Å²) in [6.07, 6.45) is 15.0. The van der Waals surface area contributed by atoms with Crippen LogP contribution in [0.15, 0.2) is 23.3 Å². The van der Waals surface area contributed by atoms with E-state index in [1.165, 1.54) is 44.9 Å². The monoisotopic (exact) mass is 426 g/mol. The number of rotatable bonds is 4. The van der Waals surface area contributed by atoms with Crippen molar-refractivity contribution in [3.63, 3.8) is 0 Å². The number of fused-ring (bicyclic) bond motifs is 5. The summed E-state index contributed by atoms with van der Waals surface area (Å²) in [4.78, 5) is 14.8. The maximum Gasteiger partial charge on any atom is 0.247 e. The fourth-order valence-corrected chi connectivity index (χ4v) is 8.45. The van der Waals surface area contributed by atoms with Gasteiger partial charge in [0.25, 0.3) is 0 Å². The van der Waals surface area contributed by atoms with Crippen molar-refractivity contribution in [3.05, 3.63) is 23.3 Å². The van der Waals surface area contributed by atoms with Crippen LogP contribution < -0.4 is 5.32 Å². The number of hydrogen-bond donors (Lipinski definition) is 1. The summed E-state index contributed by atoms with van der Waals surface area (Å²) in [7, 11) is 4.53. The molecule has 8 atom stereocenters. The van der Waals surface area contributed by atoms with Gasteiger partial charge in [0.05, 0.1) is 0 Å². The molecule has 1 N–H and O–H groups in total. The smallest absolute Gasteiger partial charge is 0.247 e.